The summed E-state index contributed by atoms with van der Waals surface area (Å²) in [5.41, 5.74) is 2.62. The number of rotatable bonds is 5. The maximum Gasteiger partial charge on any atom is 0.119 e. The summed E-state index contributed by atoms with van der Waals surface area (Å²) in [6.45, 7) is 9.41. The van der Waals surface area contributed by atoms with Gasteiger partial charge in [-0.1, -0.05) is 39.0 Å². The van der Waals surface area contributed by atoms with Gasteiger partial charge in [-0.15, -0.1) is 0 Å². The molecule has 0 bridgehead atoms. The van der Waals surface area contributed by atoms with Gasteiger partial charge >= 0.3 is 0 Å². The van der Waals surface area contributed by atoms with Crippen LogP contribution < -0.4 is 4.74 Å². The number of hydrogen-bond acceptors (Lipinski definition) is 2. The van der Waals surface area contributed by atoms with Gasteiger partial charge in [0.15, 0.2) is 0 Å². The Hall–Kier alpha value is -1.28. The lowest BCUT2D eigenvalue weighted by atomic mass is 9.93. The molecule has 19 heavy (non-hydrogen) atoms. The molecule has 1 rings (SSSR count). The molecule has 2 nitrogen and oxygen atoms in total. The van der Waals surface area contributed by atoms with Crippen LogP contribution in [-0.4, -0.2) is 32.6 Å². The Morgan fingerprint density at radius 3 is 2.42 bits per heavy atom. The molecule has 0 radical (unpaired) electrons. The molecule has 1 unspecified atom stereocenters. The maximum atomic E-state index is 5.27. The first-order chi connectivity index (χ1) is 9.08. The summed E-state index contributed by atoms with van der Waals surface area (Å²) >= 11 is 0. The largest absolute Gasteiger partial charge is 0.497 e. The minimum atomic E-state index is 0.516. The standard InChI is InChI=1S/C15H23NO.C2H6/c1-6-15(12(2)11-16(3)4)13-8-7-9-14(10-13)17-5;1-2/h6-10,12H,11H2,1-5H3;1-2H3/b15-6-;. The fraction of sp³-hybridized carbons (Fsp3) is 0.529. The van der Waals surface area contributed by atoms with Gasteiger partial charge in [-0.3, -0.25) is 0 Å². The summed E-state index contributed by atoms with van der Waals surface area (Å²) in [7, 11) is 5.92. The molecule has 0 fully saturated rings. The van der Waals surface area contributed by atoms with Crippen molar-refractivity contribution in [2.75, 3.05) is 27.7 Å². The zero-order valence-corrected chi connectivity index (χ0v) is 13.5. The van der Waals surface area contributed by atoms with Crippen LogP contribution in [-0.2, 0) is 0 Å². The van der Waals surface area contributed by atoms with E-state index >= 15 is 0 Å². The van der Waals surface area contributed by atoms with E-state index < -0.39 is 0 Å². The molecule has 0 aliphatic rings. The van der Waals surface area contributed by atoms with Crippen molar-refractivity contribution >= 4 is 5.57 Å². The van der Waals surface area contributed by atoms with Crippen LogP contribution in [0.15, 0.2) is 30.3 Å². The molecular weight excluding hydrogens is 234 g/mol. The molecule has 0 heterocycles. The first kappa shape index (κ1) is 17.7. The van der Waals surface area contributed by atoms with Crippen LogP contribution in [0.5, 0.6) is 5.75 Å². The van der Waals surface area contributed by atoms with E-state index in [0.717, 1.165) is 12.3 Å². The van der Waals surface area contributed by atoms with Crippen LogP contribution in [0.25, 0.3) is 5.57 Å². The van der Waals surface area contributed by atoms with Gasteiger partial charge < -0.3 is 9.64 Å². The van der Waals surface area contributed by atoms with Crippen LogP contribution in [0.4, 0.5) is 0 Å². The van der Waals surface area contributed by atoms with Gasteiger partial charge in [0.05, 0.1) is 7.11 Å². The lowest BCUT2D eigenvalue weighted by Gasteiger charge is -2.20. The number of methoxy groups -OCH3 is 1. The Kier molecular flexibility index (Phi) is 8.98. The first-order valence-corrected chi connectivity index (χ1v) is 7.03. The molecule has 0 aliphatic carbocycles. The Balaban J connectivity index is 0.00000154. The van der Waals surface area contributed by atoms with Crippen molar-refractivity contribution in [3.05, 3.63) is 35.9 Å². The van der Waals surface area contributed by atoms with Crippen LogP contribution in [0.2, 0.25) is 0 Å². The van der Waals surface area contributed by atoms with Crippen molar-refractivity contribution in [2.45, 2.75) is 27.7 Å². The van der Waals surface area contributed by atoms with Crippen LogP contribution >= 0.6 is 0 Å². The molecule has 0 spiro atoms. The van der Waals surface area contributed by atoms with E-state index in [1.165, 1.54) is 11.1 Å². The Morgan fingerprint density at radius 1 is 1.32 bits per heavy atom. The van der Waals surface area contributed by atoms with Crippen molar-refractivity contribution < 1.29 is 4.74 Å². The summed E-state index contributed by atoms with van der Waals surface area (Å²) in [5.74, 6) is 1.43. The van der Waals surface area contributed by atoms with E-state index in [1.807, 2.05) is 26.0 Å². The highest BCUT2D eigenvalue weighted by atomic mass is 16.5. The predicted molar refractivity (Wildman–Crippen MR) is 85.7 cm³/mol. The molecule has 0 aromatic heterocycles. The summed E-state index contributed by atoms with van der Waals surface area (Å²) in [4.78, 5) is 2.22. The second-order valence-corrected chi connectivity index (χ2v) is 4.64. The number of hydrogen-bond donors (Lipinski definition) is 0. The predicted octanol–water partition coefficient (Wildman–Crippen LogP) is 4.32. The molecule has 2 heteroatoms. The zero-order valence-electron chi connectivity index (χ0n) is 13.5. The number of benzene rings is 1. The average Bonchev–Trinajstić information content (AvgIpc) is 2.41. The second kappa shape index (κ2) is 9.62. The summed E-state index contributed by atoms with van der Waals surface area (Å²) < 4.78 is 5.27. The van der Waals surface area contributed by atoms with E-state index in [0.29, 0.717) is 5.92 Å². The van der Waals surface area contributed by atoms with E-state index in [9.17, 15) is 0 Å². The van der Waals surface area contributed by atoms with Crippen molar-refractivity contribution in [1.82, 2.24) is 4.90 Å². The number of allylic oxidation sites excluding steroid dienone is 1. The van der Waals surface area contributed by atoms with Crippen molar-refractivity contribution in [2.24, 2.45) is 5.92 Å². The normalized spacial score (nSPS) is 12.7. The average molecular weight is 263 g/mol. The molecule has 0 saturated heterocycles. The highest BCUT2D eigenvalue weighted by molar-refractivity contribution is 5.68. The molecule has 0 amide bonds. The van der Waals surface area contributed by atoms with Crippen molar-refractivity contribution in [1.29, 1.82) is 0 Å². The lowest BCUT2D eigenvalue weighted by molar-refractivity contribution is 0.375. The SMILES string of the molecule is C/C=C(\c1cccc(OC)c1)C(C)CN(C)C.CC. The van der Waals surface area contributed by atoms with Gasteiger partial charge in [0, 0.05) is 6.54 Å². The van der Waals surface area contributed by atoms with Gasteiger partial charge in [-0.2, -0.15) is 0 Å². The molecule has 0 N–H and O–H groups in total. The summed E-state index contributed by atoms with van der Waals surface area (Å²) in [5, 5.41) is 0. The lowest BCUT2D eigenvalue weighted by Crippen LogP contribution is -2.20. The third kappa shape index (κ3) is 5.93. The molecule has 1 aromatic rings. The smallest absolute Gasteiger partial charge is 0.119 e. The third-order valence-electron chi connectivity index (χ3n) is 2.88. The zero-order chi connectivity index (χ0) is 14.8. The fourth-order valence-corrected chi connectivity index (χ4v) is 2.18. The summed E-state index contributed by atoms with van der Waals surface area (Å²) in [6, 6.07) is 8.26. The van der Waals surface area contributed by atoms with Crippen molar-refractivity contribution in [3.8, 4) is 5.75 Å². The van der Waals surface area contributed by atoms with Crippen LogP contribution in [0, 0.1) is 5.92 Å². The highest BCUT2D eigenvalue weighted by Crippen LogP contribution is 2.26. The Bertz CT molecular complexity index is 383. The van der Waals surface area contributed by atoms with Gasteiger partial charge in [0.1, 0.15) is 5.75 Å². The van der Waals surface area contributed by atoms with Crippen molar-refractivity contribution in [3.63, 3.8) is 0 Å². The minimum Gasteiger partial charge on any atom is -0.497 e. The molecule has 1 aromatic carbocycles. The van der Waals surface area contributed by atoms with E-state index in [4.69, 9.17) is 4.74 Å². The van der Waals surface area contributed by atoms with Gasteiger partial charge in [0.25, 0.3) is 0 Å². The summed E-state index contributed by atoms with van der Waals surface area (Å²) in [6.07, 6.45) is 2.20. The minimum absolute atomic E-state index is 0.516. The number of ether oxygens (including phenoxy) is 1. The molecule has 0 aliphatic heterocycles. The van der Waals surface area contributed by atoms with Crippen LogP contribution in [0.3, 0.4) is 0 Å². The van der Waals surface area contributed by atoms with Crippen LogP contribution in [0.1, 0.15) is 33.3 Å². The Morgan fingerprint density at radius 2 is 1.95 bits per heavy atom. The van der Waals surface area contributed by atoms with Gasteiger partial charge in [0.2, 0.25) is 0 Å². The molecule has 0 saturated carbocycles. The topological polar surface area (TPSA) is 12.5 Å². The quantitative estimate of drug-likeness (QED) is 0.784. The van der Waals surface area contributed by atoms with E-state index in [2.05, 4.69) is 51.1 Å². The second-order valence-electron chi connectivity index (χ2n) is 4.64. The van der Waals surface area contributed by atoms with E-state index in [1.54, 1.807) is 7.11 Å². The third-order valence-corrected chi connectivity index (χ3v) is 2.88. The fourth-order valence-electron chi connectivity index (χ4n) is 2.18. The number of nitrogens with zero attached hydrogens (tertiary/aromatic N) is 1. The molecule has 108 valence electrons. The molecular formula is C17H29NO. The van der Waals surface area contributed by atoms with E-state index in [-0.39, 0.29) is 0 Å². The highest BCUT2D eigenvalue weighted by Gasteiger charge is 2.11. The molecule has 1 atom stereocenters. The van der Waals surface area contributed by atoms with Gasteiger partial charge in [-0.25, -0.2) is 0 Å². The monoisotopic (exact) mass is 263 g/mol. The first-order valence-electron chi connectivity index (χ1n) is 7.03. The Labute approximate surface area is 119 Å². The van der Waals surface area contributed by atoms with Gasteiger partial charge in [-0.05, 0) is 50.2 Å². The maximum absolute atomic E-state index is 5.27.